The number of carbonyl (C=O) groups excluding carboxylic acids is 1. The molecule has 0 bridgehead atoms. The van der Waals surface area contributed by atoms with Gasteiger partial charge in [0.15, 0.2) is 0 Å². The lowest BCUT2D eigenvalue weighted by molar-refractivity contribution is 0.0745. The fourth-order valence-electron chi connectivity index (χ4n) is 5.30. The van der Waals surface area contributed by atoms with Crippen LogP contribution in [0.1, 0.15) is 33.1 Å². The van der Waals surface area contributed by atoms with Crippen molar-refractivity contribution in [2.24, 2.45) is 0 Å². The number of fused-ring (bicyclic) bond motifs is 1. The lowest BCUT2D eigenvalue weighted by Gasteiger charge is -2.35. The number of hydrogen-bond donors (Lipinski definition) is 1. The van der Waals surface area contributed by atoms with Crippen LogP contribution < -0.4 is 20.1 Å². The number of H-pyrrole nitrogens is 1. The monoisotopic (exact) mass is 541 g/mol. The molecule has 1 amide bonds. The molecule has 1 aromatic carbocycles. The first-order valence-electron chi connectivity index (χ1n) is 13.1. The van der Waals surface area contributed by atoms with Crippen LogP contribution in [0.15, 0.2) is 72.0 Å². The molecule has 10 nitrogen and oxygen atoms in total. The zero-order valence-corrected chi connectivity index (χ0v) is 22.0. The molecule has 204 valence electrons. The van der Waals surface area contributed by atoms with Gasteiger partial charge in [0, 0.05) is 44.5 Å². The molecule has 2 aliphatic rings. The quantitative estimate of drug-likeness (QED) is 0.397. The summed E-state index contributed by atoms with van der Waals surface area (Å²) in [5.41, 5.74) is 3.86. The van der Waals surface area contributed by atoms with Gasteiger partial charge in [-0.2, -0.15) is 5.10 Å². The number of nitrogens with one attached hydrogen (secondary N) is 1. The molecule has 0 spiro atoms. The van der Waals surface area contributed by atoms with Crippen LogP contribution in [-0.2, 0) is 6.54 Å². The number of halogens is 1. The van der Waals surface area contributed by atoms with Crippen molar-refractivity contribution >= 4 is 17.4 Å². The molecule has 40 heavy (non-hydrogen) atoms. The number of ether oxygens (including phenoxy) is 1. The molecule has 3 aromatic heterocycles. The number of pyridine rings is 2. The second-order valence-corrected chi connectivity index (χ2v) is 9.89. The molecule has 0 unspecified atom stereocenters. The smallest absolute Gasteiger partial charge is 0.269 e. The normalized spacial score (nSPS) is 16.6. The summed E-state index contributed by atoms with van der Waals surface area (Å²) in [5, 5.41) is 6.50. The van der Waals surface area contributed by atoms with E-state index >= 15 is 0 Å². The molecule has 1 N–H and O–H groups in total. The van der Waals surface area contributed by atoms with Crippen LogP contribution >= 0.6 is 0 Å². The van der Waals surface area contributed by atoms with Crippen LogP contribution in [0, 0.1) is 12.7 Å². The van der Waals surface area contributed by atoms with Crippen LogP contribution in [0.2, 0.25) is 0 Å². The molecular formula is C29H28FN7O3. The first kappa shape index (κ1) is 25.5. The predicted molar refractivity (Wildman–Crippen MR) is 147 cm³/mol. The maximum absolute atomic E-state index is 13.3. The number of benzene rings is 1. The van der Waals surface area contributed by atoms with Gasteiger partial charge in [0.1, 0.15) is 24.0 Å². The van der Waals surface area contributed by atoms with Gasteiger partial charge in [-0.25, -0.2) is 14.5 Å². The molecule has 1 saturated heterocycles. The molecule has 0 radical (unpaired) electrons. The van der Waals surface area contributed by atoms with E-state index < -0.39 is 0 Å². The van der Waals surface area contributed by atoms with Crippen molar-refractivity contribution in [3.05, 3.63) is 106 Å². The average Bonchev–Trinajstić information content (AvgIpc) is 3.36. The first-order chi connectivity index (χ1) is 19.5. The zero-order valence-electron chi connectivity index (χ0n) is 22.0. The third-order valence-corrected chi connectivity index (χ3v) is 7.49. The summed E-state index contributed by atoms with van der Waals surface area (Å²) in [7, 11) is 0. The third kappa shape index (κ3) is 4.97. The fourth-order valence-corrected chi connectivity index (χ4v) is 5.30. The number of nitrogens with zero attached hydrogens (tertiary/aromatic N) is 6. The Morgan fingerprint density at radius 2 is 1.90 bits per heavy atom. The van der Waals surface area contributed by atoms with Gasteiger partial charge in [-0.1, -0.05) is 24.3 Å². The van der Waals surface area contributed by atoms with E-state index in [2.05, 4.69) is 37.2 Å². The van der Waals surface area contributed by atoms with E-state index in [1.807, 2.05) is 17.0 Å². The summed E-state index contributed by atoms with van der Waals surface area (Å²) in [6, 6.07) is 12.7. The van der Waals surface area contributed by atoms with Gasteiger partial charge in [-0.15, -0.1) is 0 Å². The molecule has 0 aliphatic carbocycles. The van der Waals surface area contributed by atoms with Crippen LogP contribution in [0.4, 0.5) is 15.9 Å². The minimum atomic E-state index is -0.376. The fraction of sp³-hybridized carbons (Fsp3) is 0.276. The van der Waals surface area contributed by atoms with E-state index in [-0.39, 0.29) is 23.3 Å². The molecular weight excluding hydrogens is 513 g/mol. The van der Waals surface area contributed by atoms with E-state index in [9.17, 15) is 14.0 Å². The number of aromatic nitrogens is 4. The Hall–Kier alpha value is -4.80. The second kappa shape index (κ2) is 10.8. The van der Waals surface area contributed by atoms with Crippen molar-refractivity contribution in [1.29, 1.82) is 0 Å². The van der Waals surface area contributed by atoms with E-state index in [4.69, 9.17) is 4.74 Å². The number of amides is 1. The van der Waals surface area contributed by atoms with Crippen LogP contribution in [0.25, 0.3) is 0 Å². The van der Waals surface area contributed by atoms with Crippen molar-refractivity contribution < 1.29 is 13.9 Å². The van der Waals surface area contributed by atoms with Gasteiger partial charge < -0.3 is 19.4 Å². The molecule has 1 atom stereocenters. The molecule has 6 rings (SSSR count). The Balaban J connectivity index is 1.14. The molecule has 11 heteroatoms. The predicted octanol–water partition coefficient (Wildman–Crippen LogP) is 3.11. The molecule has 0 saturated carbocycles. The Labute approximate surface area is 230 Å². The van der Waals surface area contributed by atoms with Gasteiger partial charge in [0.2, 0.25) is 0 Å². The number of anilines is 2. The van der Waals surface area contributed by atoms with Crippen molar-refractivity contribution in [1.82, 2.24) is 25.1 Å². The van der Waals surface area contributed by atoms with E-state index in [0.29, 0.717) is 62.0 Å². The standard InChI is InChI=1S/C29H28FN7O3/c1-19-25(16-33-34-28(19)38)37-17-20-4-2-3-5-24(20)26(37)18-40-23-12-21(13-31-15-23)29(39)36-10-8-35(9-11-36)27-7-6-22(30)14-32-27/h2-7,12-16,26H,8-11,17-18H2,1H3,(H,34,38)/t26-/m1/s1. The Bertz CT molecular complexity index is 1590. The largest absolute Gasteiger partial charge is 0.489 e. The summed E-state index contributed by atoms with van der Waals surface area (Å²) in [5.74, 6) is 0.687. The summed E-state index contributed by atoms with van der Waals surface area (Å²) in [4.78, 5) is 39.9. The number of aromatic amines is 1. The number of carbonyl (C=O) groups is 1. The summed E-state index contributed by atoms with van der Waals surface area (Å²) in [6.07, 6.45) is 6.01. The highest BCUT2D eigenvalue weighted by Crippen LogP contribution is 2.38. The Kier molecular flexibility index (Phi) is 6.85. The van der Waals surface area contributed by atoms with Crippen LogP contribution in [0.5, 0.6) is 5.75 Å². The lowest BCUT2D eigenvalue weighted by atomic mass is 10.1. The van der Waals surface area contributed by atoms with Gasteiger partial charge >= 0.3 is 0 Å². The number of hydrogen-bond acceptors (Lipinski definition) is 8. The Morgan fingerprint density at radius 3 is 2.70 bits per heavy atom. The summed E-state index contributed by atoms with van der Waals surface area (Å²) in [6.45, 7) is 4.94. The third-order valence-electron chi connectivity index (χ3n) is 7.49. The van der Waals surface area contributed by atoms with E-state index in [1.54, 1.807) is 42.5 Å². The zero-order chi connectivity index (χ0) is 27.6. The van der Waals surface area contributed by atoms with Gasteiger partial charge in [-0.05, 0) is 36.2 Å². The van der Waals surface area contributed by atoms with Gasteiger partial charge in [0.05, 0.1) is 35.9 Å². The highest BCUT2D eigenvalue weighted by atomic mass is 19.1. The van der Waals surface area contributed by atoms with Crippen LogP contribution in [-0.4, -0.2) is 63.8 Å². The average molecular weight is 542 g/mol. The van der Waals surface area contributed by atoms with Gasteiger partial charge in [-0.3, -0.25) is 14.6 Å². The van der Waals surface area contributed by atoms with Gasteiger partial charge in [0.25, 0.3) is 11.5 Å². The molecule has 2 aliphatic heterocycles. The highest BCUT2D eigenvalue weighted by Gasteiger charge is 2.32. The first-order valence-corrected chi connectivity index (χ1v) is 13.1. The van der Waals surface area contributed by atoms with E-state index in [0.717, 1.165) is 16.8 Å². The minimum absolute atomic E-state index is 0.122. The lowest BCUT2D eigenvalue weighted by Crippen LogP contribution is -2.49. The maximum atomic E-state index is 13.3. The maximum Gasteiger partial charge on any atom is 0.269 e. The minimum Gasteiger partial charge on any atom is -0.489 e. The van der Waals surface area contributed by atoms with E-state index in [1.165, 1.54) is 12.3 Å². The topological polar surface area (TPSA) is 108 Å². The number of rotatable bonds is 6. The summed E-state index contributed by atoms with van der Waals surface area (Å²) < 4.78 is 19.4. The van der Waals surface area contributed by atoms with Crippen molar-refractivity contribution in [3.63, 3.8) is 0 Å². The number of piperazine rings is 1. The molecule has 4 aromatic rings. The SMILES string of the molecule is Cc1c(N2Cc3ccccc3[C@H]2COc2cncc(C(=O)N3CCN(c4ccc(F)cn4)CC3)c2)cn[nH]c1=O. The second-order valence-electron chi connectivity index (χ2n) is 9.89. The van der Waals surface area contributed by atoms with Crippen molar-refractivity contribution in [3.8, 4) is 5.75 Å². The van der Waals surface area contributed by atoms with Crippen molar-refractivity contribution in [2.75, 3.05) is 42.6 Å². The van der Waals surface area contributed by atoms with Crippen molar-refractivity contribution in [2.45, 2.75) is 19.5 Å². The molecule has 5 heterocycles. The highest BCUT2D eigenvalue weighted by molar-refractivity contribution is 5.94. The summed E-state index contributed by atoms with van der Waals surface area (Å²) >= 11 is 0. The van der Waals surface area contributed by atoms with Crippen LogP contribution in [0.3, 0.4) is 0 Å². The molecule has 1 fully saturated rings. The Morgan fingerprint density at radius 1 is 1.07 bits per heavy atom.